The summed E-state index contributed by atoms with van der Waals surface area (Å²) in [5.74, 6) is -0.346. The van der Waals surface area contributed by atoms with Crippen molar-refractivity contribution in [1.29, 1.82) is 0 Å². The number of hydrazone groups is 1. The molecule has 1 aliphatic heterocycles. The van der Waals surface area contributed by atoms with E-state index in [1.165, 1.54) is 5.56 Å². The molecule has 164 valence electrons. The lowest BCUT2D eigenvalue weighted by Crippen LogP contribution is -2.43. The zero-order valence-electron chi connectivity index (χ0n) is 18.4. The van der Waals surface area contributed by atoms with Crippen LogP contribution in [0.1, 0.15) is 37.6 Å². The number of hydrogen-bond donors (Lipinski definition) is 3. The Hall–Kier alpha value is -3.71. The topological polar surface area (TPSA) is 104 Å². The summed E-state index contributed by atoms with van der Waals surface area (Å²) in [4.78, 5) is 17.8. The molecular weight excluding hydrogens is 402 g/mol. The number of amides is 1. The summed E-state index contributed by atoms with van der Waals surface area (Å²) in [6, 6.07) is 20.3. The van der Waals surface area contributed by atoms with Crippen LogP contribution in [0, 0.1) is 0 Å². The van der Waals surface area contributed by atoms with E-state index in [0.717, 1.165) is 28.8 Å². The lowest BCUT2D eigenvalue weighted by molar-refractivity contribution is -0.112. The van der Waals surface area contributed by atoms with Gasteiger partial charge in [-0.05, 0) is 62.1 Å². The zero-order valence-corrected chi connectivity index (χ0v) is 18.4. The van der Waals surface area contributed by atoms with Crippen molar-refractivity contribution < 1.29 is 9.90 Å². The molecular formula is C25H27N5O2. The van der Waals surface area contributed by atoms with Crippen LogP contribution in [0.25, 0.3) is 11.1 Å². The van der Waals surface area contributed by atoms with Crippen molar-refractivity contribution in [3.8, 4) is 11.1 Å². The van der Waals surface area contributed by atoms with Gasteiger partial charge in [0.1, 0.15) is 11.8 Å². The van der Waals surface area contributed by atoms with Crippen LogP contribution in [-0.2, 0) is 16.8 Å². The van der Waals surface area contributed by atoms with Gasteiger partial charge in [-0.1, -0.05) is 42.5 Å². The minimum absolute atomic E-state index is 0.136. The molecule has 0 radical (unpaired) electrons. The Morgan fingerprint density at radius 3 is 2.16 bits per heavy atom. The maximum absolute atomic E-state index is 11.6. The normalized spacial score (nSPS) is 15.9. The van der Waals surface area contributed by atoms with E-state index in [0.29, 0.717) is 5.69 Å². The Balaban J connectivity index is 1.45. The van der Waals surface area contributed by atoms with Gasteiger partial charge in [-0.3, -0.25) is 20.1 Å². The largest absolute Gasteiger partial charge is 0.384 e. The highest BCUT2D eigenvalue weighted by molar-refractivity contribution is 6.43. The van der Waals surface area contributed by atoms with E-state index >= 15 is 0 Å². The van der Waals surface area contributed by atoms with Crippen LogP contribution in [-0.4, -0.2) is 28.0 Å². The highest BCUT2D eigenvalue weighted by atomic mass is 16.3. The molecule has 1 amide bonds. The van der Waals surface area contributed by atoms with Crippen molar-refractivity contribution >= 4 is 17.4 Å². The number of carbonyl (C=O) groups excluding carboxylic acids is 1. The van der Waals surface area contributed by atoms with Gasteiger partial charge in [-0.25, -0.2) is 0 Å². The van der Waals surface area contributed by atoms with Gasteiger partial charge in [-0.15, -0.1) is 0 Å². The van der Waals surface area contributed by atoms with Crippen LogP contribution >= 0.6 is 0 Å². The Morgan fingerprint density at radius 2 is 1.62 bits per heavy atom. The number of aromatic nitrogens is 1. The Kier molecular flexibility index (Phi) is 5.67. The summed E-state index contributed by atoms with van der Waals surface area (Å²) in [5, 5.41) is 14.1. The van der Waals surface area contributed by atoms with E-state index < -0.39 is 11.5 Å². The molecule has 0 aliphatic carbocycles. The summed E-state index contributed by atoms with van der Waals surface area (Å²) in [6.07, 6.45) is 2.45. The quantitative estimate of drug-likeness (QED) is 0.559. The second-order valence-electron chi connectivity index (χ2n) is 8.51. The number of nitrogens with two attached hydrogens (primary N) is 1. The number of primary amides is 1. The summed E-state index contributed by atoms with van der Waals surface area (Å²) in [5.41, 5.74) is 13.3. The number of nitrogens with one attached hydrogen (secondary N) is 1. The molecule has 32 heavy (non-hydrogen) atoms. The third-order valence-corrected chi connectivity index (χ3v) is 5.49. The maximum atomic E-state index is 11.6. The molecule has 1 atom stereocenters. The molecule has 1 aromatic heterocycles. The minimum Gasteiger partial charge on any atom is -0.384 e. The number of benzene rings is 2. The van der Waals surface area contributed by atoms with Crippen molar-refractivity contribution in [3.63, 3.8) is 0 Å². The molecule has 4 rings (SSSR count). The third-order valence-electron chi connectivity index (χ3n) is 5.49. The second kappa shape index (κ2) is 8.43. The number of rotatable bonds is 6. The highest BCUT2D eigenvalue weighted by Crippen LogP contribution is 2.25. The summed E-state index contributed by atoms with van der Waals surface area (Å²) in [6.45, 7) is 5.37. The lowest BCUT2D eigenvalue weighted by Gasteiger charge is -2.23. The van der Waals surface area contributed by atoms with Crippen LogP contribution in [0.15, 0.2) is 72.0 Å². The number of pyridine rings is 1. The van der Waals surface area contributed by atoms with Crippen LogP contribution in [0.2, 0.25) is 0 Å². The van der Waals surface area contributed by atoms with Crippen molar-refractivity contribution in [1.82, 2.24) is 10.4 Å². The number of hydrogen-bond acceptors (Lipinski definition) is 6. The molecule has 1 aliphatic rings. The zero-order chi connectivity index (χ0) is 22.9. The minimum atomic E-state index is -0.949. The summed E-state index contributed by atoms with van der Waals surface area (Å²) >= 11 is 0. The number of nitrogens with zero attached hydrogens (tertiary/aromatic N) is 3. The number of carbonyl (C=O) groups is 1. The Bertz CT molecular complexity index is 1130. The molecule has 3 aromatic rings. The number of anilines is 1. The maximum Gasteiger partial charge on any atom is 0.286 e. The van der Waals surface area contributed by atoms with Gasteiger partial charge in [0.05, 0.1) is 5.69 Å². The van der Waals surface area contributed by atoms with Crippen molar-refractivity contribution in [3.05, 3.63) is 83.7 Å². The van der Waals surface area contributed by atoms with E-state index in [1.807, 2.05) is 43.3 Å². The fourth-order valence-electron chi connectivity index (χ4n) is 3.72. The van der Waals surface area contributed by atoms with Crippen molar-refractivity contribution in [2.75, 3.05) is 4.90 Å². The van der Waals surface area contributed by atoms with Crippen molar-refractivity contribution in [2.45, 2.75) is 39.0 Å². The summed E-state index contributed by atoms with van der Waals surface area (Å²) < 4.78 is 0. The molecule has 7 heteroatoms. The average Bonchev–Trinajstić information content (AvgIpc) is 3.16. The predicted octanol–water partition coefficient (Wildman–Crippen LogP) is 3.12. The summed E-state index contributed by atoms with van der Waals surface area (Å²) in [7, 11) is 0. The first kappa shape index (κ1) is 21.5. The van der Waals surface area contributed by atoms with Crippen LogP contribution in [0.5, 0.6) is 0 Å². The van der Waals surface area contributed by atoms with Crippen molar-refractivity contribution in [2.24, 2.45) is 10.8 Å². The molecule has 0 saturated heterocycles. The molecule has 0 bridgehead atoms. The predicted molar refractivity (Wildman–Crippen MR) is 126 cm³/mol. The Morgan fingerprint density at radius 1 is 1.03 bits per heavy atom. The van der Waals surface area contributed by atoms with Crippen LogP contribution < -0.4 is 16.1 Å². The second-order valence-corrected chi connectivity index (χ2v) is 8.51. The van der Waals surface area contributed by atoms with Crippen LogP contribution in [0.3, 0.4) is 0 Å². The highest BCUT2D eigenvalue weighted by Gasteiger charge is 2.29. The molecule has 4 N–H and O–H groups in total. The third kappa shape index (κ3) is 4.48. The average molecular weight is 430 g/mol. The van der Waals surface area contributed by atoms with Crippen LogP contribution in [0.4, 0.5) is 5.69 Å². The molecule has 0 fully saturated rings. The van der Waals surface area contributed by atoms with E-state index in [-0.39, 0.29) is 12.0 Å². The van der Waals surface area contributed by atoms with Gasteiger partial charge >= 0.3 is 0 Å². The molecule has 0 saturated carbocycles. The fourth-order valence-corrected chi connectivity index (χ4v) is 3.72. The fraction of sp³-hybridized carbons (Fsp3) is 0.240. The molecule has 1 unspecified atom stereocenters. The lowest BCUT2D eigenvalue weighted by atomic mass is 9.99. The SMILES string of the molecule is CC1NN=C(C(N)=O)N1c1ccc(Cc2ccc(-c3ccc(C(C)(C)O)nc3)cc2)cc1. The van der Waals surface area contributed by atoms with E-state index in [1.54, 1.807) is 24.9 Å². The van der Waals surface area contributed by atoms with Gasteiger partial charge in [0, 0.05) is 17.4 Å². The standard InChI is InChI=1S/C25H27N5O2/c1-16-28-29-24(23(26)31)30(16)21-11-6-18(7-12-21)14-17-4-8-19(9-5-17)20-10-13-22(27-15-20)25(2,3)32/h4-13,15-16,28,32H,14H2,1-3H3,(H2,26,31). The smallest absolute Gasteiger partial charge is 0.286 e. The molecule has 0 spiro atoms. The first-order chi connectivity index (χ1) is 15.2. The monoisotopic (exact) mass is 429 g/mol. The number of aliphatic hydroxyl groups is 1. The van der Waals surface area contributed by atoms with Gasteiger partial charge in [-0.2, -0.15) is 5.10 Å². The Labute approximate surface area is 187 Å². The van der Waals surface area contributed by atoms with E-state index in [2.05, 4.69) is 39.8 Å². The van der Waals surface area contributed by atoms with Gasteiger partial charge in [0.15, 0.2) is 0 Å². The first-order valence-electron chi connectivity index (χ1n) is 10.5. The van der Waals surface area contributed by atoms with Gasteiger partial charge in [0.2, 0.25) is 5.84 Å². The van der Waals surface area contributed by atoms with Gasteiger partial charge < -0.3 is 10.8 Å². The molecule has 2 heterocycles. The van der Waals surface area contributed by atoms with E-state index in [9.17, 15) is 9.90 Å². The molecule has 2 aromatic carbocycles. The molecule has 7 nitrogen and oxygen atoms in total. The number of amidine groups is 1. The van der Waals surface area contributed by atoms with E-state index in [4.69, 9.17) is 5.73 Å². The van der Waals surface area contributed by atoms with Gasteiger partial charge in [0.25, 0.3) is 5.91 Å². The first-order valence-corrected chi connectivity index (χ1v) is 10.5.